The van der Waals surface area contributed by atoms with Crippen LogP contribution in [0.1, 0.15) is 32.6 Å². The van der Waals surface area contributed by atoms with Gasteiger partial charge in [0, 0.05) is 6.16 Å². The fourth-order valence-corrected chi connectivity index (χ4v) is 2.31. The number of nitrogens with two attached hydrogens (primary N) is 2. The molecular formula is C8H20N2NaO3P. The van der Waals surface area contributed by atoms with Crippen LogP contribution in [0.3, 0.4) is 0 Å². The third kappa shape index (κ3) is 11.3. The van der Waals surface area contributed by atoms with E-state index in [0.29, 0.717) is 25.8 Å². The van der Waals surface area contributed by atoms with Crippen LogP contribution in [0.5, 0.6) is 0 Å². The zero-order valence-corrected chi connectivity index (χ0v) is 12.5. The van der Waals surface area contributed by atoms with Crippen molar-refractivity contribution in [3.05, 3.63) is 0 Å². The second kappa shape index (κ2) is 10.2. The van der Waals surface area contributed by atoms with Gasteiger partial charge in [-0.15, -0.1) is 0 Å². The molecule has 7 heteroatoms. The Morgan fingerprint density at radius 2 is 2.07 bits per heavy atom. The van der Waals surface area contributed by atoms with E-state index in [2.05, 4.69) is 0 Å². The Morgan fingerprint density at radius 1 is 1.47 bits per heavy atom. The van der Waals surface area contributed by atoms with E-state index in [1.54, 1.807) is 0 Å². The van der Waals surface area contributed by atoms with Gasteiger partial charge < -0.3 is 25.4 Å². The van der Waals surface area contributed by atoms with Gasteiger partial charge in [-0.05, 0) is 25.8 Å². The van der Waals surface area contributed by atoms with E-state index < -0.39 is 13.8 Å². The minimum atomic E-state index is -3.72. The molecule has 0 amide bonds. The van der Waals surface area contributed by atoms with Crippen molar-refractivity contribution in [2.24, 2.45) is 11.5 Å². The summed E-state index contributed by atoms with van der Waals surface area (Å²) < 4.78 is 16.0. The molecule has 5 nitrogen and oxygen atoms in total. The van der Waals surface area contributed by atoms with Crippen molar-refractivity contribution in [2.45, 2.75) is 38.8 Å². The van der Waals surface area contributed by atoms with E-state index in [0.717, 1.165) is 6.42 Å². The summed E-state index contributed by atoms with van der Waals surface area (Å²) in [6.45, 7) is 2.42. The van der Waals surface area contributed by atoms with Gasteiger partial charge in [0.25, 0.3) is 0 Å². The molecule has 0 rings (SSSR count). The first-order valence-corrected chi connectivity index (χ1v) is 6.68. The summed E-state index contributed by atoms with van der Waals surface area (Å²) in [5, 5.41) is 0. The van der Waals surface area contributed by atoms with E-state index in [1.807, 2.05) is 6.92 Å². The van der Waals surface area contributed by atoms with Crippen molar-refractivity contribution in [3.63, 3.8) is 0 Å². The Kier molecular flexibility index (Phi) is 12.6. The Hall–Kier alpha value is 1.07. The largest absolute Gasteiger partial charge is 1.00 e. The van der Waals surface area contributed by atoms with Crippen LogP contribution in [0.4, 0.5) is 0 Å². The summed E-state index contributed by atoms with van der Waals surface area (Å²) in [5.41, 5.74) is 10.7. The summed E-state index contributed by atoms with van der Waals surface area (Å²) >= 11 is 0. The minimum absolute atomic E-state index is 0. The molecule has 0 aromatic heterocycles. The molecule has 4 N–H and O–H groups in total. The SMILES string of the molecule is CCCCP(=O)([O-])OC(N)CCCN.[Na+]. The third-order valence-corrected chi connectivity index (χ3v) is 3.23. The standard InChI is InChI=1S/C8H21N2O3P.Na/c1-2-3-7-14(11,12)13-8(10)5-4-6-9;/h8H,2-7,9-10H2,1H3,(H,11,12);/q;+1/p-1. The number of unbranched alkanes of at least 4 members (excludes halogenated alkanes) is 1. The van der Waals surface area contributed by atoms with Crippen molar-refractivity contribution >= 4 is 7.60 Å². The molecule has 15 heavy (non-hydrogen) atoms. The summed E-state index contributed by atoms with van der Waals surface area (Å²) in [4.78, 5) is 11.3. The fraction of sp³-hybridized carbons (Fsp3) is 1.00. The molecule has 2 unspecified atom stereocenters. The quantitative estimate of drug-likeness (QED) is 0.277. The van der Waals surface area contributed by atoms with Crippen molar-refractivity contribution in [1.82, 2.24) is 0 Å². The molecule has 0 aliphatic carbocycles. The minimum Gasteiger partial charge on any atom is -0.778 e. The number of hydrogen-bond donors (Lipinski definition) is 2. The van der Waals surface area contributed by atoms with Gasteiger partial charge in [0.15, 0.2) is 0 Å². The Morgan fingerprint density at radius 3 is 2.53 bits per heavy atom. The van der Waals surface area contributed by atoms with Crippen LogP contribution in [0.15, 0.2) is 0 Å². The maximum atomic E-state index is 11.3. The molecule has 86 valence electrons. The summed E-state index contributed by atoms with van der Waals surface area (Å²) in [6, 6.07) is 0. The average Bonchev–Trinajstić information content (AvgIpc) is 2.11. The first-order valence-electron chi connectivity index (χ1n) is 4.96. The molecule has 0 saturated carbocycles. The van der Waals surface area contributed by atoms with Crippen molar-refractivity contribution in [2.75, 3.05) is 12.7 Å². The second-order valence-electron chi connectivity index (χ2n) is 3.26. The van der Waals surface area contributed by atoms with E-state index in [1.165, 1.54) is 0 Å². The number of hydrogen-bond acceptors (Lipinski definition) is 5. The maximum absolute atomic E-state index is 11.3. The predicted octanol–water partition coefficient (Wildman–Crippen LogP) is -2.62. The van der Waals surface area contributed by atoms with Crippen LogP contribution in [0, 0.1) is 0 Å². The van der Waals surface area contributed by atoms with E-state index >= 15 is 0 Å². The molecule has 0 bridgehead atoms. The monoisotopic (exact) mass is 246 g/mol. The van der Waals surface area contributed by atoms with Crippen LogP contribution >= 0.6 is 7.60 Å². The molecule has 0 aromatic carbocycles. The topological polar surface area (TPSA) is 101 Å². The summed E-state index contributed by atoms with van der Waals surface area (Å²) in [5.74, 6) is 0. The Labute approximate surface area is 114 Å². The maximum Gasteiger partial charge on any atom is 1.00 e. The van der Waals surface area contributed by atoms with Gasteiger partial charge in [0.05, 0.1) is 0 Å². The van der Waals surface area contributed by atoms with Crippen LogP contribution < -0.4 is 45.9 Å². The van der Waals surface area contributed by atoms with Gasteiger partial charge in [-0.2, -0.15) is 0 Å². The first-order chi connectivity index (χ1) is 6.52. The Bertz CT molecular complexity index is 195. The summed E-state index contributed by atoms with van der Waals surface area (Å²) in [6.07, 6.45) is 1.93. The molecule has 0 saturated heterocycles. The molecule has 0 aromatic rings. The molecule has 0 heterocycles. The Balaban J connectivity index is 0. The second-order valence-corrected chi connectivity index (χ2v) is 5.14. The molecule has 0 radical (unpaired) electrons. The first kappa shape index (κ1) is 18.4. The van der Waals surface area contributed by atoms with Gasteiger partial charge in [-0.1, -0.05) is 13.3 Å². The molecule has 2 atom stereocenters. The van der Waals surface area contributed by atoms with Gasteiger partial charge in [-0.3, -0.25) is 0 Å². The van der Waals surface area contributed by atoms with Crippen LogP contribution in [-0.4, -0.2) is 18.9 Å². The van der Waals surface area contributed by atoms with Crippen LogP contribution in [0.25, 0.3) is 0 Å². The summed E-state index contributed by atoms with van der Waals surface area (Å²) in [7, 11) is -3.72. The zero-order valence-electron chi connectivity index (χ0n) is 9.65. The van der Waals surface area contributed by atoms with Gasteiger partial charge in [0.2, 0.25) is 0 Å². The number of rotatable bonds is 8. The molecule has 0 aliphatic rings. The third-order valence-electron chi connectivity index (χ3n) is 1.77. The van der Waals surface area contributed by atoms with E-state index in [4.69, 9.17) is 16.0 Å². The van der Waals surface area contributed by atoms with Gasteiger partial charge in [-0.25, -0.2) is 0 Å². The molecule has 0 spiro atoms. The van der Waals surface area contributed by atoms with Crippen LogP contribution in [0.2, 0.25) is 0 Å². The molecule has 0 fully saturated rings. The normalized spacial score (nSPS) is 16.5. The fourth-order valence-electron chi connectivity index (χ4n) is 0.982. The van der Waals surface area contributed by atoms with Crippen LogP contribution in [-0.2, 0) is 9.09 Å². The zero-order chi connectivity index (χ0) is 11.0. The van der Waals surface area contributed by atoms with E-state index in [-0.39, 0.29) is 35.7 Å². The smallest absolute Gasteiger partial charge is 0.778 e. The van der Waals surface area contributed by atoms with Crippen molar-refractivity contribution in [1.29, 1.82) is 0 Å². The van der Waals surface area contributed by atoms with Gasteiger partial charge in [0.1, 0.15) is 13.8 Å². The van der Waals surface area contributed by atoms with Crippen molar-refractivity contribution in [3.8, 4) is 0 Å². The predicted molar refractivity (Wildman–Crippen MR) is 54.7 cm³/mol. The van der Waals surface area contributed by atoms with Crippen molar-refractivity contribution < 1.29 is 43.5 Å². The van der Waals surface area contributed by atoms with Gasteiger partial charge >= 0.3 is 29.6 Å². The molecule has 0 aliphatic heterocycles. The molecular weight excluding hydrogens is 226 g/mol. The average molecular weight is 246 g/mol. The van der Waals surface area contributed by atoms with E-state index in [9.17, 15) is 9.46 Å².